The number of thiol groups is 1. The lowest BCUT2D eigenvalue weighted by atomic mass is 10.6. The Balaban J connectivity index is 0. The molecule has 0 unspecified atom stereocenters. The highest BCUT2D eigenvalue weighted by Crippen LogP contribution is 1.74. The van der Waals surface area contributed by atoms with E-state index in [9.17, 15) is 4.79 Å². The van der Waals surface area contributed by atoms with E-state index in [1.54, 1.807) is 12.4 Å². The van der Waals surface area contributed by atoms with Crippen molar-refractivity contribution in [3.8, 4) is 0 Å². The molecule has 13 heavy (non-hydrogen) atoms. The third-order valence-corrected chi connectivity index (χ3v) is 0.985. The number of nitrogens with zero attached hydrogens (tertiary/aromatic N) is 1. The molecule has 0 aromatic carbocycles. The lowest BCUT2D eigenvalue weighted by molar-refractivity contribution is -0.130. The van der Waals surface area contributed by atoms with Crippen LogP contribution in [-0.2, 0) is 8.98 Å². The first kappa shape index (κ1) is 14.5. The summed E-state index contributed by atoms with van der Waals surface area (Å²) in [4.78, 5) is 13.4. The molecule has 0 aromatic rings. The molecule has 0 saturated heterocycles. The van der Waals surface area contributed by atoms with Crippen LogP contribution in [0.2, 0.25) is 0 Å². The maximum atomic E-state index is 9.51. The molecule has 0 aromatic heterocycles. The molecule has 0 heterocycles. The summed E-state index contributed by atoms with van der Waals surface area (Å²) in [6.45, 7) is 5.18. The van der Waals surface area contributed by atoms with E-state index in [0.717, 1.165) is 0 Å². The Morgan fingerprint density at radius 2 is 1.92 bits per heavy atom. The maximum Gasteiger partial charge on any atom is 0.314 e. The molecular weight excluding hydrogens is 186 g/mol. The number of aliphatic imine (C=N–C) groups is 1. The largest absolute Gasteiger partial charge is 0.395 e. The summed E-state index contributed by atoms with van der Waals surface area (Å²) in [5.41, 5.74) is 0. The summed E-state index contributed by atoms with van der Waals surface area (Å²) in [5, 5.41) is 0. The standard InChI is InChI=1S/C7H11N.C2H4O2S/c1-3-5-7-8-6-4-2;1-2(3)4-5/h3-7H,1-2H3;5H,1H3/b5-3-,6-4-,8-7-;. The number of rotatable bonds is 2. The Morgan fingerprint density at radius 1 is 1.38 bits per heavy atom. The van der Waals surface area contributed by atoms with Crippen LogP contribution in [0, 0.1) is 0 Å². The van der Waals surface area contributed by atoms with Crippen LogP contribution >= 0.6 is 12.9 Å². The molecule has 74 valence electrons. The quantitative estimate of drug-likeness (QED) is 0.423. The van der Waals surface area contributed by atoms with E-state index in [0.29, 0.717) is 0 Å². The molecule has 4 heteroatoms. The van der Waals surface area contributed by atoms with E-state index >= 15 is 0 Å². The summed E-state index contributed by atoms with van der Waals surface area (Å²) in [6.07, 6.45) is 9.22. The van der Waals surface area contributed by atoms with Crippen LogP contribution in [-0.4, -0.2) is 12.2 Å². The normalized spacial score (nSPS) is 10.5. The minimum absolute atomic E-state index is 0.381. The van der Waals surface area contributed by atoms with Crippen molar-refractivity contribution in [3.63, 3.8) is 0 Å². The molecule has 0 aliphatic rings. The molecule has 0 aliphatic carbocycles. The average Bonchev–Trinajstić information content (AvgIpc) is 2.14. The van der Waals surface area contributed by atoms with Crippen molar-refractivity contribution in [2.75, 3.05) is 0 Å². The Morgan fingerprint density at radius 3 is 2.23 bits per heavy atom. The van der Waals surface area contributed by atoms with Crippen molar-refractivity contribution in [1.29, 1.82) is 0 Å². The number of carbonyl (C=O) groups excluding carboxylic acids is 1. The molecule has 0 N–H and O–H groups in total. The fourth-order valence-corrected chi connectivity index (χ4v) is 0.272. The third-order valence-electron chi connectivity index (χ3n) is 0.728. The van der Waals surface area contributed by atoms with Crippen LogP contribution in [0.5, 0.6) is 0 Å². The topological polar surface area (TPSA) is 38.7 Å². The fourth-order valence-electron chi connectivity index (χ4n) is 0.272. The molecule has 0 saturated carbocycles. The summed E-state index contributed by atoms with van der Waals surface area (Å²) in [7, 11) is 0. The van der Waals surface area contributed by atoms with Gasteiger partial charge in [0.1, 0.15) is 0 Å². The van der Waals surface area contributed by atoms with Gasteiger partial charge in [0.25, 0.3) is 0 Å². The van der Waals surface area contributed by atoms with Crippen molar-refractivity contribution in [2.45, 2.75) is 20.8 Å². The summed E-state index contributed by atoms with van der Waals surface area (Å²) < 4.78 is 3.81. The number of allylic oxidation sites excluding steroid dienone is 3. The van der Waals surface area contributed by atoms with Gasteiger partial charge in [0, 0.05) is 32.2 Å². The van der Waals surface area contributed by atoms with Crippen LogP contribution in [0.1, 0.15) is 20.8 Å². The molecular formula is C9H15NO2S. The number of carbonyl (C=O) groups is 1. The van der Waals surface area contributed by atoms with E-state index < -0.39 is 0 Å². The van der Waals surface area contributed by atoms with Crippen LogP contribution in [0.15, 0.2) is 29.4 Å². The second kappa shape index (κ2) is 13.6. The van der Waals surface area contributed by atoms with Crippen LogP contribution in [0.4, 0.5) is 0 Å². The molecule has 0 amide bonds. The van der Waals surface area contributed by atoms with Crippen LogP contribution in [0.3, 0.4) is 0 Å². The maximum absolute atomic E-state index is 9.51. The highest BCUT2D eigenvalue weighted by molar-refractivity contribution is 7.75. The molecule has 0 fully saturated rings. The van der Waals surface area contributed by atoms with E-state index in [-0.39, 0.29) is 5.97 Å². The van der Waals surface area contributed by atoms with Gasteiger partial charge in [-0.3, -0.25) is 9.79 Å². The fraction of sp³-hybridized carbons (Fsp3) is 0.333. The average molecular weight is 201 g/mol. The zero-order valence-electron chi connectivity index (χ0n) is 8.10. The lowest BCUT2D eigenvalue weighted by Gasteiger charge is -1.77. The highest BCUT2D eigenvalue weighted by atomic mass is 32.1. The third kappa shape index (κ3) is 24.8. The first-order valence-corrected chi connectivity index (χ1v) is 4.13. The van der Waals surface area contributed by atoms with Crippen molar-refractivity contribution in [3.05, 3.63) is 24.4 Å². The van der Waals surface area contributed by atoms with Crippen molar-refractivity contribution in [1.82, 2.24) is 0 Å². The number of hydrogen-bond donors (Lipinski definition) is 1. The first-order chi connectivity index (χ1) is 6.18. The van der Waals surface area contributed by atoms with Crippen LogP contribution in [0.25, 0.3) is 0 Å². The summed E-state index contributed by atoms with van der Waals surface area (Å²) in [6, 6.07) is 0. The van der Waals surface area contributed by atoms with Gasteiger partial charge in [0.15, 0.2) is 0 Å². The summed E-state index contributed by atoms with van der Waals surface area (Å²) >= 11 is 3.17. The highest BCUT2D eigenvalue weighted by Gasteiger charge is 1.77. The van der Waals surface area contributed by atoms with Gasteiger partial charge >= 0.3 is 5.97 Å². The number of hydrogen-bond acceptors (Lipinski definition) is 4. The van der Waals surface area contributed by atoms with Gasteiger partial charge in [0.05, 0.1) is 0 Å². The molecule has 0 aliphatic heterocycles. The molecule has 3 nitrogen and oxygen atoms in total. The smallest absolute Gasteiger partial charge is 0.314 e. The Hall–Kier alpha value is -1.03. The van der Waals surface area contributed by atoms with E-state index in [1.807, 2.05) is 32.1 Å². The van der Waals surface area contributed by atoms with Gasteiger partial charge in [-0.2, -0.15) is 0 Å². The van der Waals surface area contributed by atoms with Gasteiger partial charge in [0.2, 0.25) is 0 Å². The Kier molecular flexibility index (Phi) is 15.1. The van der Waals surface area contributed by atoms with Gasteiger partial charge in [-0.15, -0.1) is 0 Å². The Bertz CT molecular complexity index is 184. The molecule has 0 atom stereocenters. The zero-order valence-corrected chi connectivity index (χ0v) is 8.99. The molecule has 0 spiro atoms. The van der Waals surface area contributed by atoms with Gasteiger partial charge < -0.3 is 4.18 Å². The van der Waals surface area contributed by atoms with E-state index in [4.69, 9.17) is 0 Å². The molecule has 0 rings (SSSR count). The van der Waals surface area contributed by atoms with Crippen molar-refractivity contribution >= 4 is 25.1 Å². The van der Waals surface area contributed by atoms with Crippen LogP contribution < -0.4 is 0 Å². The Labute approximate surface area is 84.8 Å². The van der Waals surface area contributed by atoms with Gasteiger partial charge in [-0.05, 0) is 19.9 Å². The minimum atomic E-state index is -0.381. The molecule has 0 bridgehead atoms. The summed E-state index contributed by atoms with van der Waals surface area (Å²) in [5.74, 6) is -0.381. The SMILES string of the molecule is CC(=O)OS.C\C=C/C=N\C=C/C. The lowest BCUT2D eigenvalue weighted by Crippen LogP contribution is -1.82. The van der Waals surface area contributed by atoms with Gasteiger partial charge in [-0.25, -0.2) is 0 Å². The van der Waals surface area contributed by atoms with E-state index in [2.05, 4.69) is 22.1 Å². The van der Waals surface area contributed by atoms with Crippen molar-refractivity contribution < 1.29 is 8.98 Å². The van der Waals surface area contributed by atoms with Gasteiger partial charge in [-0.1, -0.05) is 12.2 Å². The van der Waals surface area contributed by atoms with E-state index in [1.165, 1.54) is 6.92 Å². The predicted molar refractivity (Wildman–Crippen MR) is 58.9 cm³/mol. The predicted octanol–water partition coefficient (Wildman–Crippen LogP) is 2.56. The first-order valence-electron chi connectivity index (χ1n) is 3.76. The zero-order chi connectivity index (χ0) is 10.5. The second-order valence-electron chi connectivity index (χ2n) is 1.89. The molecule has 0 radical (unpaired) electrons. The second-order valence-corrected chi connectivity index (χ2v) is 2.07. The van der Waals surface area contributed by atoms with Crippen molar-refractivity contribution in [2.24, 2.45) is 4.99 Å². The minimum Gasteiger partial charge on any atom is -0.395 e. The monoisotopic (exact) mass is 201 g/mol.